The van der Waals surface area contributed by atoms with E-state index in [1.54, 1.807) is 0 Å². The van der Waals surface area contributed by atoms with Gasteiger partial charge in [0.2, 0.25) is 0 Å². The van der Waals surface area contributed by atoms with Gasteiger partial charge in [-0.15, -0.1) is 11.3 Å². The van der Waals surface area contributed by atoms with E-state index in [1.807, 2.05) is 11.3 Å². The molecule has 1 aromatic rings. The van der Waals surface area contributed by atoms with E-state index in [4.69, 9.17) is 0 Å². The van der Waals surface area contributed by atoms with Gasteiger partial charge in [0, 0.05) is 17.5 Å². The summed E-state index contributed by atoms with van der Waals surface area (Å²) < 4.78 is 1.24. The number of rotatable bonds is 7. The maximum atomic E-state index is 3.59. The Hall–Kier alpha value is 0.140. The molecule has 1 heterocycles. The Morgan fingerprint density at radius 1 is 1.41 bits per heavy atom. The number of hydrogen-bond donors (Lipinski definition) is 1. The number of hydrogen-bond acceptors (Lipinski definition) is 2. The molecule has 0 saturated heterocycles. The molecule has 0 radical (unpaired) electrons. The number of nitrogens with one attached hydrogen (secondary N) is 1. The molecule has 0 aliphatic heterocycles. The highest BCUT2D eigenvalue weighted by atomic mass is 79.9. The Bertz CT molecular complexity index is 335. The quantitative estimate of drug-likeness (QED) is 0.757. The van der Waals surface area contributed by atoms with Crippen LogP contribution in [0, 0.1) is 5.41 Å². The van der Waals surface area contributed by atoms with Crippen molar-refractivity contribution in [2.24, 2.45) is 5.41 Å². The predicted octanol–water partition coefficient (Wildman–Crippen LogP) is 4.86. The lowest BCUT2D eigenvalue weighted by Crippen LogP contribution is -2.37. The summed E-state index contributed by atoms with van der Waals surface area (Å²) in [5.41, 5.74) is 0.378. The van der Waals surface area contributed by atoms with Crippen LogP contribution in [0.2, 0.25) is 0 Å². The lowest BCUT2D eigenvalue weighted by molar-refractivity contribution is 0.269. The monoisotopic (exact) mass is 317 g/mol. The summed E-state index contributed by atoms with van der Waals surface area (Å²) >= 11 is 5.41. The SMILES string of the molecule is CCCC(C)(CNC(C)C)Cc1ccc(Br)s1. The average Bonchev–Trinajstić information content (AvgIpc) is 2.61. The summed E-state index contributed by atoms with van der Waals surface area (Å²) in [6.07, 6.45) is 3.71. The highest BCUT2D eigenvalue weighted by Crippen LogP contribution is 2.32. The second-order valence-electron chi connectivity index (χ2n) is 5.48. The van der Waals surface area contributed by atoms with Crippen molar-refractivity contribution < 1.29 is 0 Å². The van der Waals surface area contributed by atoms with Crippen molar-refractivity contribution in [3.63, 3.8) is 0 Å². The first-order chi connectivity index (χ1) is 7.95. The Kier molecular flexibility index (Phi) is 6.18. The molecule has 1 nitrogen and oxygen atoms in total. The van der Waals surface area contributed by atoms with Crippen LogP contribution in [0.5, 0.6) is 0 Å². The second-order valence-corrected chi connectivity index (χ2v) is 8.03. The molecule has 0 saturated carbocycles. The molecule has 0 fully saturated rings. The van der Waals surface area contributed by atoms with Crippen LogP contribution in [0.1, 0.15) is 45.4 Å². The lowest BCUT2D eigenvalue weighted by Gasteiger charge is -2.30. The van der Waals surface area contributed by atoms with Gasteiger partial charge in [-0.25, -0.2) is 0 Å². The molecule has 0 aromatic carbocycles. The minimum Gasteiger partial charge on any atom is -0.314 e. The molecule has 1 unspecified atom stereocenters. The average molecular weight is 318 g/mol. The molecule has 1 rings (SSSR count). The van der Waals surface area contributed by atoms with Crippen molar-refractivity contribution in [2.45, 2.75) is 53.0 Å². The van der Waals surface area contributed by atoms with E-state index in [2.05, 4.69) is 61.1 Å². The molecule has 98 valence electrons. The normalized spacial score (nSPS) is 15.2. The van der Waals surface area contributed by atoms with Gasteiger partial charge < -0.3 is 5.32 Å². The van der Waals surface area contributed by atoms with Crippen LogP contribution in [0.25, 0.3) is 0 Å². The number of halogens is 1. The minimum absolute atomic E-state index is 0.378. The molecule has 0 aliphatic carbocycles. The molecule has 0 aliphatic rings. The van der Waals surface area contributed by atoms with E-state index in [0.29, 0.717) is 11.5 Å². The van der Waals surface area contributed by atoms with Gasteiger partial charge in [0.1, 0.15) is 0 Å². The highest BCUT2D eigenvalue weighted by molar-refractivity contribution is 9.11. The fourth-order valence-electron chi connectivity index (χ4n) is 2.16. The zero-order chi connectivity index (χ0) is 12.9. The van der Waals surface area contributed by atoms with E-state index in [-0.39, 0.29) is 0 Å². The topological polar surface area (TPSA) is 12.0 Å². The van der Waals surface area contributed by atoms with Crippen LogP contribution in [0.3, 0.4) is 0 Å². The molecule has 1 N–H and O–H groups in total. The van der Waals surface area contributed by atoms with Crippen LogP contribution in [-0.4, -0.2) is 12.6 Å². The van der Waals surface area contributed by atoms with Crippen molar-refractivity contribution in [3.05, 3.63) is 20.8 Å². The smallest absolute Gasteiger partial charge is 0.0701 e. The van der Waals surface area contributed by atoms with Crippen LogP contribution < -0.4 is 5.32 Å². The largest absolute Gasteiger partial charge is 0.314 e. The molecule has 1 atom stereocenters. The molecule has 3 heteroatoms. The van der Waals surface area contributed by atoms with E-state index in [1.165, 1.54) is 27.9 Å². The van der Waals surface area contributed by atoms with E-state index < -0.39 is 0 Å². The summed E-state index contributed by atoms with van der Waals surface area (Å²) in [7, 11) is 0. The first-order valence-electron chi connectivity index (χ1n) is 6.43. The van der Waals surface area contributed by atoms with Gasteiger partial charge in [0.15, 0.2) is 0 Å². The lowest BCUT2D eigenvalue weighted by atomic mass is 9.81. The third kappa shape index (κ3) is 5.54. The second kappa shape index (κ2) is 6.91. The van der Waals surface area contributed by atoms with Gasteiger partial charge in [-0.1, -0.05) is 34.1 Å². The van der Waals surface area contributed by atoms with Gasteiger partial charge in [0.25, 0.3) is 0 Å². The van der Waals surface area contributed by atoms with Crippen molar-refractivity contribution in [3.8, 4) is 0 Å². The van der Waals surface area contributed by atoms with Gasteiger partial charge in [-0.3, -0.25) is 0 Å². The van der Waals surface area contributed by atoms with Crippen LogP contribution >= 0.6 is 27.3 Å². The highest BCUT2D eigenvalue weighted by Gasteiger charge is 2.24. The van der Waals surface area contributed by atoms with Crippen LogP contribution in [0.15, 0.2) is 15.9 Å². The maximum Gasteiger partial charge on any atom is 0.0701 e. The van der Waals surface area contributed by atoms with Crippen LogP contribution in [0.4, 0.5) is 0 Å². The Labute approximate surface area is 118 Å². The summed E-state index contributed by atoms with van der Waals surface area (Å²) in [5, 5.41) is 3.59. The molecule has 1 aromatic heterocycles. The fraction of sp³-hybridized carbons (Fsp3) is 0.714. The van der Waals surface area contributed by atoms with Crippen molar-refractivity contribution >= 4 is 27.3 Å². The summed E-state index contributed by atoms with van der Waals surface area (Å²) in [5.74, 6) is 0. The van der Waals surface area contributed by atoms with Gasteiger partial charge >= 0.3 is 0 Å². The number of thiophene rings is 1. The standard InChI is InChI=1S/C14H24BrNS/c1-5-8-14(4,10-16-11(2)3)9-12-6-7-13(15)17-12/h6-7,11,16H,5,8-10H2,1-4H3. The maximum absolute atomic E-state index is 3.59. The third-order valence-corrected chi connectivity index (χ3v) is 4.64. The Morgan fingerprint density at radius 2 is 2.12 bits per heavy atom. The predicted molar refractivity (Wildman–Crippen MR) is 81.9 cm³/mol. The van der Waals surface area contributed by atoms with E-state index in [0.717, 1.165) is 6.54 Å². The Balaban J connectivity index is 2.63. The molecule has 17 heavy (non-hydrogen) atoms. The molecular weight excluding hydrogens is 294 g/mol. The van der Waals surface area contributed by atoms with E-state index >= 15 is 0 Å². The van der Waals surface area contributed by atoms with Crippen LogP contribution in [-0.2, 0) is 6.42 Å². The van der Waals surface area contributed by atoms with Crippen molar-refractivity contribution in [1.29, 1.82) is 0 Å². The summed E-state index contributed by atoms with van der Waals surface area (Å²) in [6.45, 7) is 10.2. The zero-order valence-electron chi connectivity index (χ0n) is 11.3. The first kappa shape index (κ1) is 15.2. The van der Waals surface area contributed by atoms with Gasteiger partial charge in [-0.05, 0) is 46.3 Å². The molecule has 0 amide bonds. The summed E-state index contributed by atoms with van der Waals surface area (Å²) in [4.78, 5) is 1.48. The third-order valence-electron chi connectivity index (χ3n) is 3.02. The minimum atomic E-state index is 0.378. The van der Waals surface area contributed by atoms with Crippen molar-refractivity contribution in [2.75, 3.05) is 6.54 Å². The summed E-state index contributed by atoms with van der Waals surface area (Å²) in [6, 6.07) is 4.97. The zero-order valence-corrected chi connectivity index (χ0v) is 13.7. The molecule has 0 bridgehead atoms. The van der Waals surface area contributed by atoms with Gasteiger partial charge in [0.05, 0.1) is 3.79 Å². The van der Waals surface area contributed by atoms with Gasteiger partial charge in [-0.2, -0.15) is 0 Å². The molecule has 0 spiro atoms. The Morgan fingerprint density at radius 3 is 2.59 bits per heavy atom. The van der Waals surface area contributed by atoms with E-state index in [9.17, 15) is 0 Å². The molecular formula is C14H24BrNS. The fourth-order valence-corrected chi connectivity index (χ4v) is 3.86. The first-order valence-corrected chi connectivity index (χ1v) is 8.04. The van der Waals surface area contributed by atoms with Crippen molar-refractivity contribution in [1.82, 2.24) is 5.32 Å².